The van der Waals surface area contributed by atoms with E-state index in [1.54, 1.807) is 12.1 Å². The number of morpholine rings is 1. The summed E-state index contributed by atoms with van der Waals surface area (Å²) in [4.78, 5) is 2.00. The van der Waals surface area contributed by atoms with Crippen molar-refractivity contribution < 1.29 is 17.5 Å². The summed E-state index contributed by atoms with van der Waals surface area (Å²) in [6.45, 7) is 2.96. The molecule has 0 bridgehead atoms. The van der Waals surface area contributed by atoms with Crippen LogP contribution in [0.3, 0.4) is 0 Å². The van der Waals surface area contributed by atoms with Crippen molar-refractivity contribution in [3.05, 3.63) is 53.3 Å². The van der Waals surface area contributed by atoms with E-state index in [2.05, 4.69) is 9.62 Å². The normalized spacial score (nSPS) is 15.3. The molecule has 0 aromatic heterocycles. The third-order valence-electron chi connectivity index (χ3n) is 3.68. The van der Waals surface area contributed by atoms with Crippen LogP contribution >= 0.6 is 11.6 Å². The van der Waals surface area contributed by atoms with Gasteiger partial charge in [0.1, 0.15) is 10.7 Å². The Morgan fingerprint density at radius 2 is 1.75 bits per heavy atom. The van der Waals surface area contributed by atoms with Crippen LogP contribution in [0.2, 0.25) is 5.02 Å². The number of ether oxygens (including phenoxy) is 1. The Kier molecular flexibility index (Phi) is 4.93. The van der Waals surface area contributed by atoms with Gasteiger partial charge in [0.25, 0.3) is 10.0 Å². The summed E-state index contributed by atoms with van der Waals surface area (Å²) >= 11 is 5.83. The van der Waals surface area contributed by atoms with Crippen molar-refractivity contribution in [3.63, 3.8) is 0 Å². The van der Waals surface area contributed by atoms with E-state index in [0.29, 0.717) is 18.9 Å². The first kappa shape index (κ1) is 17.0. The number of nitrogens with zero attached hydrogens (tertiary/aromatic N) is 1. The highest BCUT2D eigenvalue weighted by atomic mass is 35.5. The summed E-state index contributed by atoms with van der Waals surface area (Å²) in [6.07, 6.45) is 0. The van der Waals surface area contributed by atoms with E-state index in [1.165, 1.54) is 0 Å². The summed E-state index contributed by atoms with van der Waals surface area (Å²) in [5, 5.41) is -0.160. The molecule has 1 N–H and O–H groups in total. The zero-order valence-electron chi connectivity index (χ0n) is 12.7. The molecule has 0 spiro atoms. The van der Waals surface area contributed by atoms with Gasteiger partial charge in [-0.05, 0) is 42.5 Å². The van der Waals surface area contributed by atoms with Crippen LogP contribution in [0.4, 0.5) is 15.8 Å². The molecule has 8 heteroatoms. The van der Waals surface area contributed by atoms with E-state index in [-0.39, 0.29) is 9.92 Å². The van der Waals surface area contributed by atoms with Crippen LogP contribution in [-0.2, 0) is 14.8 Å². The van der Waals surface area contributed by atoms with Gasteiger partial charge in [-0.15, -0.1) is 0 Å². The number of benzene rings is 2. The highest BCUT2D eigenvalue weighted by Gasteiger charge is 2.19. The van der Waals surface area contributed by atoms with Gasteiger partial charge in [0, 0.05) is 24.5 Å². The fourth-order valence-electron chi connectivity index (χ4n) is 2.47. The predicted octanol–water partition coefficient (Wildman–Crippen LogP) is 3.12. The van der Waals surface area contributed by atoms with Gasteiger partial charge in [-0.1, -0.05) is 11.6 Å². The first-order chi connectivity index (χ1) is 11.5. The second kappa shape index (κ2) is 6.96. The van der Waals surface area contributed by atoms with Gasteiger partial charge in [-0.25, -0.2) is 12.8 Å². The molecule has 0 aliphatic carbocycles. The molecule has 0 saturated carbocycles. The second-order valence-electron chi connectivity index (χ2n) is 5.33. The average molecular weight is 371 g/mol. The first-order valence-electron chi connectivity index (χ1n) is 7.36. The number of hydrogen-bond donors (Lipinski definition) is 1. The first-order valence-corrected chi connectivity index (χ1v) is 9.22. The van der Waals surface area contributed by atoms with Crippen LogP contribution < -0.4 is 9.62 Å². The molecule has 0 radical (unpaired) electrons. The monoisotopic (exact) mass is 370 g/mol. The molecule has 5 nitrogen and oxygen atoms in total. The van der Waals surface area contributed by atoms with Crippen molar-refractivity contribution in [3.8, 4) is 0 Å². The molecule has 1 heterocycles. The van der Waals surface area contributed by atoms with Gasteiger partial charge in [-0.2, -0.15) is 0 Å². The zero-order chi connectivity index (χ0) is 17.2. The van der Waals surface area contributed by atoms with Crippen molar-refractivity contribution in [1.82, 2.24) is 0 Å². The largest absolute Gasteiger partial charge is 0.378 e. The Bertz CT molecular complexity index is 822. The van der Waals surface area contributed by atoms with Gasteiger partial charge in [0.05, 0.1) is 18.2 Å². The summed E-state index contributed by atoms with van der Waals surface area (Å²) in [5.74, 6) is -0.589. The second-order valence-corrected chi connectivity index (χ2v) is 7.38. The molecular formula is C16H16ClFN2O3S. The maximum absolute atomic E-state index is 13.1. The van der Waals surface area contributed by atoms with Crippen LogP contribution in [0.25, 0.3) is 0 Å². The molecule has 1 aliphatic heterocycles. The molecule has 3 rings (SSSR count). The lowest BCUT2D eigenvalue weighted by Crippen LogP contribution is -2.36. The van der Waals surface area contributed by atoms with Gasteiger partial charge < -0.3 is 9.64 Å². The number of anilines is 2. The summed E-state index contributed by atoms with van der Waals surface area (Å²) in [7, 11) is -3.88. The fraction of sp³-hybridized carbons (Fsp3) is 0.250. The van der Waals surface area contributed by atoms with Crippen molar-refractivity contribution in [2.45, 2.75) is 4.90 Å². The van der Waals surface area contributed by atoms with E-state index in [0.717, 1.165) is 37.0 Å². The summed E-state index contributed by atoms with van der Waals surface area (Å²) in [5.41, 5.74) is 1.41. The summed E-state index contributed by atoms with van der Waals surface area (Å²) < 4.78 is 45.6. The molecule has 2 aromatic rings. The molecule has 0 amide bonds. The highest BCUT2D eigenvalue weighted by Crippen LogP contribution is 2.26. The van der Waals surface area contributed by atoms with Gasteiger partial charge in [0.15, 0.2) is 0 Å². The third-order valence-corrected chi connectivity index (χ3v) is 5.54. The van der Waals surface area contributed by atoms with Crippen LogP contribution in [-0.4, -0.2) is 34.7 Å². The number of sulfonamides is 1. The van der Waals surface area contributed by atoms with Crippen molar-refractivity contribution in [2.24, 2.45) is 0 Å². The molecule has 128 valence electrons. The minimum Gasteiger partial charge on any atom is -0.378 e. The molecule has 0 atom stereocenters. The molecule has 24 heavy (non-hydrogen) atoms. The van der Waals surface area contributed by atoms with Crippen LogP contribution in [0.5, 0.6) is 0 Å². The Balaban J connectivity index is 1.77. The molecule has 1 aliphatic rings. The predicted molar refractivity (Wildman–Crippen MR) is 91.7 cm³/mol. The number of hydrogen-bond acceptors (Lipinski definition) is 4. The lowest BCUT2D eigenvalue weighted by atomic mass is 10.2. The van der Waals surface area contributed by atoms with E-state index < -0.39 is 15.8 Å². The smallest absolute Gasteiger partial charge is 0.263 e. The lowest BCUT2D eigenvalue weighted by molar-refractivity contribution is 0.122. The van der Waals surface area contributed by atoms with Crippen LogP contribution in [0, 0.1) is 5.82 Å². The number of halogens is 2. The van der Waals surface area contributed by atoms with Crippen molar-refractivity contribution in [1.29, 1.82) is 0 Å². The standard InChI is InChI=1S/C16H16ClFN2O3S/c17-15-11-12(18)1-6-16(15)24(21,22)19-13-2-4-14(5-3-13)20-7-9-23-10-8-20/h1-6,11,19H,7-10H2. The molecule has 0 unspecified atom stereocenters. The highest BCUT2D eigenvalue weighted by molar-refractivity contribution is 7.92. The van der Waals surface area contributed by atoms with E-state index in [4.69, 9.17) is 16.3 Å². The molecular weight excluding hydrogens is 355 g/mol. The van der Waals surface area contributed by atoms with Crippen LogP contribution in [0.15, 0.2) is 47.4 Å². The fourth-order valence-corrected chi connectivity index (χ4v) is 4.06. The zero-order valence-corrected chi connectivity index (χ0v) is 14.3. The summed E-state index contributed by atoms with van der Waals surface area (Å²) in [6, 6.07) is 10.2. The lowest BCUT2D eigenvalue weighted by Gasteiger charge is -2.28. The quantitative estimate of drug-likeness (QED) is 0.898. The molecule has 1 saturated heterocycles. The number of rotatable bonds is 4. The van der Waals surface area contributed by atoms with E-state index >= 15 is 0 Å². The topological polar surface area (TPSA) is 58.6 Å². The van der Waals surface area contributed by atoms with Gasteiger partial charge in [-0.3, -0.25) is 4.72 Å². The maximum atomic E-state index is 13.1. The average Bonchev–Trinajstić information content (AvgIpc) is 2.55. The van der Waals surface area contributed by atoms with E-state index in [1.807, 2.05) is 12.1 Å². The molecule has 2 aromatic carbocycles. The van der Waals surface area contributed by atoms with E-state index in [9.17, 15) is 12.8 Å². The Labute approximate surface area is 145 Å². The Morgan fingerprint density at radius 1 is 1.08 bits per heavy atom. The third kappa shape index (κ3) is 3.80. The minimum atomic E-state index is -3.88. The minimum absolute atomic E-state index is 0.160. The van der Waals surface area contributed by atoms with Gasteiger partial charge in [0.2, 0.25) is 0 Å². The van der Waals surface area contributed by atoms with Crippen molar-refractivity contribution >= 4 is 33.0 Å². The number of nitrogens with one attached hydrogen (secondary N) is 1. The van der Waals surface area contributed by atoms with Gasteiger partial charge >= 0.3 is 0 Å². The maximum Gasteiger partial charge on any atom is 0.263 e. The Morgan fingerprint density at radius 3 is 2.38 bits per heavy atom. The van der Waals surface area contributed by atoms with Crippen LogP contribution in [0.1, 0.15) is 0 Å². The van der Waals surface area contributed by atoms with Crippen molar-refractivity contribution in [2.75, 3.05) is 35.9 Å². The SMILES string of the molecule is O=S(=O)(Nc1ccc(N2CCOCC2)cc1)c1ccc(F)cc1Cl. The molecule has 1 fully saturated rings. The Hall–Kier alpha value is -1.83.